The van der Waals surface area contributed by atoms with Crippen molar-refractivity contribution < 1.29 is 9.53 Å². The third-order valence-corrected chi connectivity index (χ3v) is 3.82. The van der Waals surface area contributed by atoms with Gasteiger partial charge in [-0.2, -0.15) is 0 Å². The molecule has 2 unspecified atom stereocenters. The second-order valence-electron chi connectivity index (χ2n) is 4.75. The Hall–Kier alpha value is -1.10. The molecule has 1 aromatic rings. The van der Waals surface area contributed by atoms with Crippen LogP contribution in [-0.4, -0.2) is 36.6 Å². The van der Waals surface area contributed by atoms with Gasteiger partial charge in [-0.25, -0.2) is 0 Å². The second kappa shape index (κ2) is 6.37. The van der Waals surface area contributed by atoms with Gasteiger partial charge in [0.2, 0.25) is 5.91 Å². The summed E-state index contributed by atoms with van der Waals surface area (Å²) >= 11 is 6.13. The molecule has 1 aromatic carbocycles. The molecule has 0 saturated carbocycles. The smallest absolute Gasteiger partial charge is 0.229 e. The average Bonchev–Trinajstić information content (AvgIpc) is 2.83. The minimum absolute atomic E-state index is 0.0485. The van der Waals surface area contributed by atoms with E-state index >= 15 is 0 Å². The zero-order chi connectivity index (χ0) is 13.8. The third kappa shape index (κ3) is 3.26. The van der Waals surface area contributed by atoms with Gasteiger partial charge >= 0.3 is 0 Å². The van der Waals surface area contributed by atoms with E-state index in [0.717, 1.165) is 5.56 Å². The lowest BCUT2D eigenvalue weighted by atomic mass is 10.0. The Morgan fingerprint density at radius 2 is 2.21 bits per heavy atom. The molecule has 0 bridgehead atoms. The Balaban J connectivity index is 2.08. The van der Waals surface area contributed by atoms with Gasteiger partial charge in [-0.1, -0.05) is 29.8 Å². The van der Waals surface area contributed by atoms with Gasteiger partial charge in [0.1, 0.15) is 0 Å². The second-order valence-corrected chi connectivity index (χ2v) is 5.16. The highest BCUT2D eigenvalue weighted by atomic mass is 35.5. The topological polar surface area (TPSA) is 55.6 Å². The third-order valence-electron chi connectivity index (χ3n) is 3.45. The zero-order valence-corrected chi connectivity index (χ0v) is 11.8. The minimum atomic E-state index is -0.234. The summed E-state index contributed by atoms with van der Waals surface area (Å²) in [5.41, 5.74) is 6.85. The summed E-state index contributed by atoms with van der Waals surface area (Å²) in [6, 6.07) is 7.37. The van der Waals surface area contributed by atoms with Crippen molar-refractivity contribution in [1.82, 2.24) is 4.90 Å². The van der Waals surface area contributed by atoms with Crippen LogP contribution in [0.3, 0.4) is 0 Å². The molecule has 5 heteroatoms. The Bertz CT molecular complexity index is 453. The molecule has 4 nitrogen and oxygen atoms in total. The summed E-state index contributed by atoms with van der Waals surface area (Å²) in [4.78, 5) is 14.2. The van der Waals surface area contributed by atoms with Crippen LogP contribution in [0.2, 0.25) is 5.02 Å². The largest absolute Gasteiger partial charge is 0.379 e. The lowest BCUT2D eigenvalue weighted by Crippen LogP contribution is -2.43. The fourth-order valence-corrected chi connectivity index (χ4v) is 2.43. The first-order valence-electron chi connectivity index (χ1n) is 6.49. The van der Waals surface area contributed by atoms with Crippen molar-refractivity contribution in [3.8, 4) is 0 Å². The SMILES string of the molecule is CCN(Cc1ccccc1Cl)C(=O)C1COCC1N. The van der Waals surface area contributed by atoms with E-state index in [1.165, 1.54) is 0 Å². The first-order valence-corrected chi connectivity index (χ1v) is 6.86. The number of nitrogens with two attached hydrogens (primary N) is 1. The van der Waals surface area contributed by atoms with E-state index in [2.05, 4.69) is 0 Å². The molecular formula is C14H19ClN2O2. The molecule has 0 spiro atoms. The van der Waals surface area contributed by atoms with Crippen molar-refractivity contribution in [3.63, 3.8) is 0 Å². The fourth-order valence-electron chi connectivity index (χ4n) is 2.24. The van der Waals surface area contributed by atoms with Gasteiger partial charge in [-0.15, -0.1) is 0 Å². The van der Waals surface area contributed by atoms with Crippen molar-refractivity contribution in [3.05, 3.63) is 34.9 Å². The molecule has 1 aliphatic rings. The summed E-state index contributed by atoms with van der Waals surface area (Å²) in [7, 11) is 0. The number of halogens is 1. The molecule has 0 aromatic heterocycles. The van der Waals surface area contributed by atoms with Crippen molar-refractivity contribution >= 4 is 17.5 Å². The molecule has 1 aliphatic heterocycles. The average molecular weight is 283 g/mol. The molecular weight excluding hydrogens is 264 g/mol. The monoisotopic (exact) mass is 282 g/mol. The number of ether oxygens (including phenoxy) is 1. The van der Waals surface area contributed by atoms with E-state index in [-0.39, 0.29) is 17.9 Å². The highest BCUT2D eigenvalue weighted by Crippen LogP contribution is 2.20. The maximum atomic E-state index is 12.4. The van der Waals surface area contributed by atoms with Crippen LogP contribution in [0.5, 0.6) is 0 Å². The molecule has 1 saturated heterocycles. The summed E-state index contributed by atoms with van der Waals surface area (Å²) in [5.74, 6) is -0.185. The van der Waals surface area contributed by atoms with Crippen LogP contribution in [0.15, 0.2) is 24.3 Å². The van der Waals surface area contributed by atoms with Crippen LogP contribution in [0.25, 0.3) is 0 Å². The molecule has 104 valence electrons. The van der Waals surface area contributed by atoms with Crippen LogP contribution >= 0.6 is 11.6 Å². The lowest BCUT2D eigenvalue weighted by Gasteiger charge is -2.25. The highest BCUT2D eigenvalue weighted by Gasteiger charge is 2.34. The zero-order valence-electron chi connectivity index (χ0n) is 11.0. The summed E-state index contributed by atoms with van der Waals surface area (Å²) < 4.78 is 5.26. The number of rotatable bonds is 4. The van der Waals surface area contributed by atoms with Crippen molar-refractivity contribution in [2.45, 2.75) is 19.5 Å². The van der Waals surface area contributed by atoms with Gasteiger partial charge in [-0.05, 0) is 18.6 Å². The normalized spacial score (nSPS) is 22.5. The molecule has 0 aliphatic carbocycles. The van der Waals surface area contributed by atoms with Crippen LogP contribution in [-0.2, 0) is 16.1 Å². The number of benzene rings is 1. The van der Waals surface area contributed by atoms with Crippen LogP contribution < -0.4 is 5.73 Å². The molecule has 0 radical (unpaired) electrons. The standard InChI is InChI=1S/C14H19ClN2O2/c1-2-17(7-10-5-3-4-6-12(10)15)14(18)11-8-19-9-13(11)16/h3-6,11,13H,2,7-9,16H2,1H3. The van der Waals surface area contributed by atoms with Crippen molar-refractivity contribution in [1.29, 1.82) is 0 Å². The van der Waals surface area contributed by atoms with Gasteiger partial charge in [0.25, 0.3) is 0 Å². The van der Waals surface area contributed by atoms with E-state index in [4.69, 9.17) is 22.1 Å². The Morgan fingerprint density at radius 3 is 2.79 bits per heavy atom. The maximum absolute atomic E-state index is 12.4. The molecule has 1 heterocycles. The van der Waals surface area contributed by atoms with E-state index < -0.39 is 0 Å². The molecule has 2 N–H and O–H groups in total. The van der Waals surface area contributed by atoms with E-state index in [9.17, 15) is 4.79 Å². The predicted octanol–water partition coefficient (Wildman–Crippen LogP) is 1.66. The lowest BCUT2D eigenvalue weighted by molar-refractivity contribution is -0.136. The Morgan fingerprint density at radius 1 is 1.47 bits per heavy atom. The fraction of sp³-hybridized carbons (Fsp3) is 0.500. The van der Waals surface area contributed by atoms with Crippen molar-refractivity contribution in [2.24, 2.45) is 11.7 Å². The summed E-state index contributed by atoms with van der Waals surface area (Å²) in [6.45, 7) is 3.97. The maximum Gasteiger partial charge on any atom is 0.229 e. The van der Waals surface area contributed by atoms with Crippen LogP contribution in [0, 0.1) is 5.92 Å². The summed E-state index contributed by atoms with van der Waals surface area (Å²) in [6.07, 6.45) is 0. The van der Waals surface area contributed by atoms with Gasteiger partial charge in [0, 0.05) is 24.2 Å². The van der Waals surface area contributed by atoms with E-state index in [1.807, 2.05) is 31.2 Å². The number of carbonyl (C=O) groups excluding carboxylic acids is 1. The molecule has 19 heavy (non-hydrogen) atoms. The minimum Gasteiger partial charge on any atom is -0.379 e. The molecule has 1 fully saturated rings. The van der Waals surface area contributed by atoms with Crippen molar-refractivity contribution in [2.75, 3.05) is 19.8 Å². The number of nitrogens with zero attached hydrogens (tertiary/aromatic N) is 1. The number of amides is 1. The van der Waals surface area contributed by atoms with Gasteiger partial charge in [0.05, 0.1) is 19.1 Å². The van der Waals surface area contributed by atoms with Gasteiger partial charge in [0.15, 0.2) is 0 Å². The quantitative estimate of drug-likeness (QED) is 0.914. The molecule has 2 rings (SSSR count). The van der Waals surface area contributed by atoms with E-state index in [1.54, 1.807) is 4.90 Å². The van der Waals surface area contributed by atoms with E-state index in [0.29, 0.717) is 31.3 Å². The van der Waals surface area contributed by atoms with Gasteiger partial charge in [-0.3, -0.25) is 4.79 Å². The van der Waals surface area contributed by atoms with Crippen LogP contribution in [0.1, 0.15) is 12.5 Å². The number of carbonyl (C=O) groups is 1. The first kappa shape index (κ1) is 14.3. The van der Waals surface area contributed by atoms with Gasteiger partial charge < -0.3 is 15.4 Å². The molecule has 1 amide bonds. The first-order chi connectivity index (χ1) is 9.13. The number of hydrogen-bond donors (Lipinski definition) is 1. The highest BCUT2D eigenvalue weighted by molar-refractivity contribution is 6.31. The predicted molar refractivity (Wildman–Crippen MR) is 74.8 cm³/mol. The summed E-state index contributed by atoms with van der Waals surface area (Å²) in [5, 5.41) is 0.681. The Kier molecular flexibility index (Phi) is 4.80. The number of hydrogen-bond acceptors (Lipinski definition) is 3. The molecule has 2 atom stereocenters. The Labute approximate surface area is 118 Å². The van der Waals surface area contributed by atoms with Crippen LogP contribution in [0.4, 0.5) is 0 Å².